The molecule has 2 heterocycles. The van der Waals surface area contributed by atoms with Crippen molar-refractivity contribution in [3.05, 3.63) is 87.0 Å². The van der Waals surface area contributed by atoms with E-state index in [1.54, 1.807) is 13.3 Å². The summed E-state index contributed by atoms with van der Waals surface area (Å²) < 4.78 is 12.0. The zero-order valence-electron chi connectivity index (χ0n) is 18.7. The number of rotatable bonds is 6. The van der Waals surface area contributed by atoms with Crippen LogP contribution in [0.25, 0.3) is 11.3 Å². The van der Waals surface area contributed by atoms with Crippen molar-refractivity contribution in [1.29, 1.82) is 0 Å². The second kappa shape index (κ2) is 9.57. The summed E-state index contributed by atoms with van der Waals surface area (Å²) >= 11 is 3.59. The summed E-state index contributed by atoms with van der Waals surface area (Å²) in [5.41, 5.74) is 7.64. The van der Waals surface area contributed by atoms with Gasteiger partial charge in [0.15, 0.2) is 5.90 Å². The molecule has 0 radical (unpaired) electrons. The van der Waals surface area contributed by atoms with E-state index in [0.717, 1.165) is 44.0 Å². The van der Waals surface area contributed by atoms with E-state index in [1.807, 2.05) is 31.2 Å². The largest absolute Gasteiger partial charge is 0.497 e. The lowest BCUT2D eigenvalue weighted by molar-refractivity contribution is 0.351. The monoisotopic (exact) mass is 491 g/mol. The van der Waals surface area contributed by atoms with Crippen LogP contribution in [0.3, 0.4) is 0 Å². The summed E-state index contributed by atoms with van der Waals surface area (Å²) in [6.45, 7) is 7.26. The third kappa shape index (κ3) is 4.70. The highest BCUT2D eigenvalue weighted by molar-refractivity contribution is 9.10. The summed E-state index contributed by atoms with van der Waals surface area (Å²) in [4.78, 5) is 9.49. The molecule has 4 rings (SSSR count). The van der Waals surface area contributed by atoms with E-state index < -0.39 is 0 Å². The molecule has 1 aliphatic heterocycles. The fourth-order valence-corrected chi connectivity index (χ4v) is 4.03. The summed E-state index contributed by atoms with van der Waals surface area (Å²) in [7, 11) is 1.67. The Morgan fingerprint density at radius 2 is 1.84 bits per heavy atom. The number of anilines is 1. The normalized spacial score (nSPS) is 13.5. The van der Waals surface area contributed by atoms with Crippen molar-refractivity contribution in [3.63, 3.8) is 0 Å². The molecule has 0 aliphatic carbocycles. The Morgan fingerprint density at radius 3 is 2.59 bits per heavy atom. The predicted octanol–water partition coefficient (Wildman–Crippen LogP) is 6.40. The molecule has 1 N–H and O–H groups in total. The van der Waals surface area contributed by atoms with Crippen LogP contribution in [0.15, 0.2) is 64.2 Å². The van der Waals surface area contributed by atoms with Crippen molar-refractivity contribution in [3.8, 4) is 5.75 Å². The van der Waals surface area contributed by atoms with E-state index in [9.17, 15) is 0 Å². The third-order valence-corrected chi connectivity index (χ3v) is 6.07. The molecule has 3 aromatic rings. The van der Waals surface area contributed by atoms with Gasteiger partial charge in [-0.1, -0.05) is 30.3 Å². The summed E-state index contributed by atoms with van der Waals surface area (Å²) in [5.74, 6) is 2.27. The lowest BCUT2D eigenvalue weighted by atomic mass is 9.93. The Labute approximate surface area is 197 Å². The third-order valence-electron chi connectivity index (χ3n) is 5.64. The number of ether oxygens (including phenoxy) is 2. The van der Waals surface area contributed by atoms with Crippen molar-refractivity contribution in [2.75, 3.05) is 19.0 Å². The molecule has 0 spiro atoms. The van der Waals surface area contributed by atoms with Gasteiger partial charge in [0.05, 0.1) is 12.8 Å². The van der Waals surface area contributed by atoms with E-state index in [4.69, 9.17) is 14.5 Å². The molecule has 0 atom stereocenters. The van der Waals surface area contributed by atoms with Gasteiger partial charge in [0.1, 0.15) is 18.2 Å². The summed E-state index contributed by atoms with van der Waals surface area (Å²) in [5, 5.41) is 3.49. The summed E-state index contributed by atoms with van der Waals surface area (Å²) in [6.07, 6.45) is 1.80. The topological polar surface area (TPSA) is 55.7 Å². The Morgan fingerprint density at radius 1 is 1.06 bits per heavy atom. The first-order valence-electron chi connectivity index (χ1n) is 10.5. The van der Waals surface area contributed by atoms with Crippen molar-refractivity contribution in [2.45, 2.75) is 27.3 Å². The zero-order chi connectivity index (χ0) is 22.7. The van der Waals surface area contributed by atoms with Gasteiger partial charge in [-0.05, 0) is 70.2 Å². The molecule has 0 bridgehead atoms. The molecule has 5 nitrogen and oxygen atoms in total. The van der Waals surface area contributed by atoms with Gasteiger partial charge >= 0.3 is 0 Å². The number of nitrogens with zero attached hydrogens (tertiary/aromatic N) is 2. The smallest absolute Gasteiger partial charge is 0.185 e. The first-order chi connectivity index (χ1) is 15.5. The highest BCUT2D eigenvalue weighted by Crippen LogP contribution is 2.37. The highest BCUT2D eigenvalue weighted by Gasteiger charge is 2.22. The highest BCUT2D eigenvalue weighted by atomic mass is 79.9. The number of benzene rings is 2. The molecule has 32 heavy (non-hydrogen) atoms. The van der Waals surface area contributed by atoms with Gasteiger partial charge in [-0.3, -0.25) is 0 Å². The maximum Gasteiger partial charge on any atom is 0.185 e. The molecule has 1 aliphatic rings. The van der Waals surface area contributed by atoms with Crippen LogP contribution in [0.1, 0.15) is 34.7 Å². The van der Waals surface area contributed by atoms with Crippen LogP contribution in [-0.4, -0.2) is 24.6 Å². The fourth-order valence-electron chi connectivity index (χ4n) is 3.70. The molecule has 2 aromatic carbocycles. The van der Waals surface area contributed by atoms with Crippen LogP contribution < -0.4 is 10.1 Å². The average molecular weight is 492 g/mol. The van der Waals surface area contributed by atoms with E-state index in [0.29, 0.717) is 19.0 Å². The minimum Gasteiger partial charge on any atom is -0.497 e. The van der Waals surface area contributed by atoms with E-state index >= 15 is 0 Å². The van der Waals surface area contributed by atoms with E-state index in [2.05, 4.69) is 64.3 Å². The summed E-state index contributed by atoms with van der Waals surface area (Å²) in [6, 6.07) is 16.4. The Balaban J connectivity index is 1.76. The molecule has 0 amide bonds. The molecule has 0 unspecified atom stereocenters. The molecule has 0 fully saturated rings. The van der Waals surface area contributed by atoms with Crippen molar-refractivity contribution in [2.24, 2.45) is 4.99 Å². The van der Waals surface area contributed by atoms with E-state index in [-0.39, 0.29) is 0 Å². The quantitative estimate of drug-likeness (QED) is 0.433. The number of hydrogen-bond acceptors (Lipinski definition) is 5. The predicted molar refractivity (Wildman–Crippen MR) is 134 cm³/mol. The fraction of sp³-hybridized carbons (Fsp3) is 0.231. The Hall–Kier alpha value is -3.12. The molecule has 0 saturated heterocycles. The van der Waals surface area contributed by atoms with Crippen LogP contribution >= 0.6 is 15.9 Å². The van der Waals surface area contributed by atoms with Crippen molar-refractivity contribution in [1.82, 2.24) is 4.98 Å². The molecule has 164 valence electrons. The molecular weight excluding hydrogens is 466 g/mol. The van der Waals surface area contributed by atoms with Crippen LogP contribution in [0.5, 0.6) is 5.75 Å². The number of halogens is 1. The minimum atomic E-state index is 0.472. The van der Waals surface area contributed by atoms with Gasteiger partial charge in [0.2, 0.25) is 0 Å². The molecular formula is C26H26BrN3O2. The number of hydrogen-bond donors (Lipinski definition) is 1. The van der Waals surface area contributed by atoms with Gasteiger partial charge < -0.3 is 14.8 Å². The number of aliphatic imine (C=N–C) groups is 1. The second-order valence-corrected chi connectivity index (χ2v) is 8.66. The number of aryl methyl sites for hydroxylation is 1. The molecule has 0 saturated carbocycles. The van der Waals surface area contributed by atoms with Crippen LogP contribution in [0, 0.1) is 13.8 Å². The Bertz CT molecular complexity index is 1200. The molecule has 6 heteroatoms. The average Bonchev–Trinajstić information content (AvgIpc) is 2.80. The van der Waals surface area contributed by atoms with Gasteiger partial charge in [-0.15, -0.1) is 0 Å². The Kier molecular flexibility index (Phi) is 6.61. The van der Waals surface area contributed by atoms with Gasteiger partial charge in [-0.2, -0.15) is 0 Å². The van der Waals surface area contributed by atoms with E-state index in [1.165, 1.54) is 11.1 Å². The number of pyridine rings is 1. The first-order valence-corrected chi connectivity index (χ1v) is 11.3. The first kappa shape index (κ1) is 22.1. The number of nitrogens with one attached hydrogen (secondary N) is 1. The SMILES string of the molecule is COc1ccc(CNc2ncc(Br)cc2C2=C(c3cccc(C)c3C)COC(C)=N2)cc1. The number of aromatic nitrogens is 1. The van der Waals surface area contributed by atoms with Crippen LogP contribution in [-0.2, 0) is 11.3 Å². The van der Waals surface area contributed by atoms with Crippen LogP contribution in [0.2, 0.25) is 0 Å². The lowest BCUT2D eigenvalue weighted by Gasteiger charge is -2.22. The second-order valence-electron chi connectivity index (χ2n) is 7.75. The number of methoxy groups -OCH3 is 1. The lowest BCUT2D eigenvalue weighted by Crippen LogP contribution is -2.13. The van der Waals surface area contributed by atoms with Crippen LogP contribution in [0.4, 0.5) is 5.82 Å². The maximum atomic E-state index is 5.84. The standard InChI is InChI=1S/C26H26BrN3O2/c1-16-6-5-7-22(17(16)2)24-15-32-18(3)30-25(24)23-12-20(27)14-29-26(23)28-13-19-8-10-21(31-4)11-9-19/h5-12,14H,13,15H2,1-4H3,(H,28,29). The maximum absolute atomic E-state index is 5.84. The molecule has 1 aromatic heterocycles. The van der Waals surface area contributed by atoms with Gasteiger partial charge in [0.25, 0.3) is 0 Å². The zero-order valence-corrected chi connectivity index (χ0v) is 20.3. The van der Waals surface area contributed by atoms with Crippen molar-refractivity contribution < 1.29 is 9.47 Å². The minimum absolute atomic E-state index is 0.472. The van der Waals surface area contributed by atoms with Gasteiger partial charge in [-0.25, -0.2) is 9.98 Å². The van der Waals surface area contributed by atoms with Crippen molar-refractivity contribution >= 4 is 38.9 Å². The van der Waals surface area contributed by atoms with Gasteiger partial charge in [0, 0.05) is 35.3 Å².